The number of nitrogens with zero attached hydrogens (tertiary/aromatic N) is 1. The van der Waals surface area contributed by atoms with Gasteiger partial charge in [0.15, 0.2) is 0 Å². The lowest BCUT2D eigenvalue weighted by Crippen LogP contribution is -2.38. The Morgan fingerprint density at radius 2 is 2.15 bits per heavy atom. The Bertz CT molecular complexity index is 635. The zero-order chi connectivity index (χ0) is 13.7. The fourth-order valence-electron chi connectivity index (χ4n) is 3.91. The van der Waals surface area contributed by atoms with Gasteiger partial charge in [-0.15, -0.1) is 0 Å². The molecule has 1 fully saturated rings. The molecule has 2 bridgehead atoms. The largest absolute Gasteiger partial charge is 0.358 e. The third-order valence-electron chi connectivity index (χ3n) is 5.09. The number of anilines is 1. The lowest BCUT2D eigenvalue weighted by molar-refractivity contribution is 0.475. The molecule has 3 aliphatic rings. The molecule has 4 heterocycles. The van der Waals surface area contributed by atoms with Crippen LogP contribution in [0.3, 0.4) is 0 Å². The highest BCUT2D eigenvalue weighted by molar-refractivity contribution is 5.91. The molecule has 3 N–H and O–H groups in total. The van der Waals surface area contributed by atoms with Gasteiger partial charge in [0.25, 0.3) is 0 Å². The van der Waals surface area contributed by atoms with E-state index in [9.17, 15) is 0 Å². The van der Waals surface area contributed by atoms with Crippen LogP contribution in [0.2, 0.25) is 0 Å². The van der Waals surface area contributed by atoms with E-state index in [-0.39, 0.29) is 0 Å². The van der Waals surface area contributed by atoms with E-state index < -0.39 is 0 Å². The number of aromatic amines is 1. The minimum atomic E-state index is 0.558. The van der Waals surface area contributed by atoms with E-state index in [0.29, 0.717) is 5.92 Å². The third kappa shape index (κ3) is 1.76. The summed E-state index contributed by atoms with van der Waals surface area (Å²) in [7, 11) is 0. The molecule has 3 heteroatoms. The molecule has 1 aromatic heterocycles. The highest BCUT2D eigenvalue weighted by Gasteiger charge is 2.33. The van der Waals surface area contributed by atoms with Crippen LogP contribution in [0.5, 0.6) is 0 Å². The predicted octanol–water partition coefficient (Wildman–Crippen LogP) is 3.00. The fraction of sp³-hybridized carbons (Fsp3) is 0.529. The van der Waals surface area contributed by atoms with E-state index in [2.05, 4.69) is 35.0 Å². The molecule has 0 amide bonds. The molecular weight excluding hydrogens is 246 g/mol. The SMILES string of the molecule is CC(CN)Cc1ccc2[nH]c3c(c2c1)C1CCN3CC1. The van der Waals surface area contributed by atoms with Crippen molar-refractivity contribution in [2.45, 2.75) is 32.1 Å². The average molecular weight is 269 g/mol. The molecule has 20 heavy (non-hydrogen) atoms. The maximum absolute atomic E-state index is 5.76. The minimum Gasteiger partial charge on any atom is -0.358 e. The van der Waals surface area contributed by atoms with E-state index in [1.165, 1.54) is 48.2 Å². The second-order valence-corrected chi connectivity index (χ2v) is 6.57. The highest BCUT2D eigenvalue weighted by Crippen LogP contribution is 2.45. The molecule has 2 aromatic rings. The van der Waals surface area contributed by atoms with Gasteiger partial charge in [0.05, 0.1) is 0 Å². The molecule has 0 saturated carbocycles. The Balaban J connectivity index is 1.80. The molecule has 0 aliphatic carbocycles. The van der Waals surface area contributed by atoms with Crippen molar-refractivity contribution in [3.05, 3.63) is 29.3 Å². The minimum absolute atomic E-state index is 0.558. The molecule has 1 saturated heterocycles. The molecule has 1 atom stereocenters. The lowest BCUT2D eigenvalue weighted by atomic mass is 9.84. The Morgan fingerprint density at radius 3 is 2.90 bits per heavy atom. The number of hydrogen-bond acceptors (Lipinski definition) is 2. The van der Waals surface area contributed by atoms with Crippen LogP contribution < -0.4 is 10.6 Å². The van der Waals surface area contributed by atoms with Gasteiger partial charge in [0.2, 0.25) is 0 Å². The summed E-state index contributed by atoms with van der Waals surface area (Å²) in [4.78, 5) is 6.17. The summed E-state index contributed by atoms with van der Waals surface area (Å²) < 4.78 is 0. The second kappa shape index (κ2) is 4.52. The second-order valence-electron chi connectivity index (χ2n) is 6.57. The Kier molecular flexibility index (Phi) is 2.77. The van der Waals surface area contributed by atoms with E-state index in [4.69, 9.17) is 5.73 Å². The van der Waals surface area contributed by atoms with Crippen molar-refractivity contribution in [1.29, 1.82) is 0 Å². The summed E-state index contributed by atoms with van der Waals surface area (Å²) in [6.07, 6.45) is 3.73. The van der Waals surface area contributed by atoms with Crippen molar-refractivity contribution in [3.63, 3.8) is 0 Å². The van der Waals surface area contributed by atoms with Crippen molar-refractivity contribution in [1.82, 2.24) is 4.98 Å². The van der Waals surface area contributed by atoms with Gasteiger partial charge in [-0.1, -0.05) is 13.0 Å². The van der Waals surface area contributed by atoms with Gasteiger partial charge < -0.3 is 15.6 Å². The van der Waals surface area contributed by atoms with Gasteiger partial charge in [-0.2, -0.15) is 0 Å². The Morgan fingerprint density at radius 1 is 1.35 bits per heavy atom. The number of nitrogens with one attached hydrogen (secondary N) is 1. The normalized spacial score (nSPS) is 19.6. The Labute approximate surface area is 120 Å². The van der Waals surface area contributed by atoms with Gasteiger partial charge in [0, 0.05) is 29.6 Å². The van der Waals surface area contributed by atoms with E-state index in [1.807, 2.05) is 0 Å². The summed E-state index contributed by atoms with van der Waals surface area (Å²) in [5.74, 6) is 2.72. The Hall–Kier alpha value is -1.48. The average Bonchev–Trinajstić information content (AvgIpc) is 2.89. The standard InChI is InChI=1S/C17H23N3/c1-11(10-18)8-12-2-3-15-14(9-12)16-13-4-6-20(7-5-13)17(16)19-15/h2-3,9,11,13,19H,4-8,10,18H2,1H3. The van der Waals surface area contributed by atoms with Gasteiger partial charge in [-0.05, 0) is 55.3 Å². The molecule has 3 aliphatic heterocycles. The number of fused-ring (bicyclic) bond motifs is 3. The van der Waals surface area contributed by atoms with E-state index in [1.54, 1.807) is 5.56 Å². The first-order valence-corrected chi connectivity index (χ1v) is 7.85. The highest BCUT2D eigenvalue weighted by atomic mass is 15.2. The summed E-state index contributed by atoms with van der Waals surface area (Å²) in [5.41, 5.74) is 10.1. The summed E-state index contributed by atoms with van der Waals surface area (Å²) in [6, 6.07) is 6.92. The number of nitrogens with two attached hydrogens (primary N) is 1. The van der Waals surface area contributed by atoms with E-state index in [0.717, 1.165) is 18.9 Å². The molecule has 106 valence electrons. The maximum Gasteiger partial charge on any atom is 0.110 e. The smallest absolute Gasteiger partial charge is 0.110 e. The van der Waals surface area contributed by atoms with Crippen molar-refractivity contribution < 1.29 is 0 Å². The first kappa shape index (κ1) is 12.3. The molecule has 1 unspecified atom stereocenters. The summed E-state index contributed by atoms with van der Waals surface area (Å²) in [5, 5.41) is 1.45. The number of rotatable bonds is 3. The number of piperidine rings is 1. The zero-order valence-electron chi connectivity index (χ0n) is 12.2. The van der Waals surface area contributed by atoms with Crippen LogP contribution in [-0.4, -0.2) is 24.6 Å². The molecule has 3 nitrogen and oxygen atoms in total. The van der Waals surface area contributed by atoms with Gasteiger partial charge in [-0.25, -0.2) is 0 Å². The van der Waals surface area contributed by atoms with Crippen molar-refractivity contribution in [2.24, 2.45) is 11.7 Å². The number of H-pyrrole nitrogens is 1. The molecule has 5 rings (SSSR count). The molecule has 1 aromatic carbocycles. The van der Waals surface area contributed by atoms with Gasteiger partial charge >= 0.3 is 0 Å². The van der Waals surface area contributed by atoms with Crippen molar-refractivity contribution in [2.75, 3.05) is 24.5 Å². The summed E-state index contributed by atoms with van der Waals surface area (Å²) >= 11 is 0. The van der Waals surface area contributed by atoms with Crippen molar-refractivity contribution >= 4 is 16.7 Å². The number of hydrogen-bond donors (Lipinski definition) is 2. The monoisotopic (exact) mass is 269 g/mol. The fourth-order valence-corrected chi connectivity index (χ4v) is 3.91. The van der Waals surface area contributed by atoms with E-state index >= 15 is 0 Å². The van der Waals surface area contributed by atoms with Crippen LogP contribution in [0.25, 0.3) is 10.9 Å². The maximum atomic E-state index is 5.76. The zero-order valence-corrected chi connectivity index (χ0v) is 12.2. The van der Waals surface area contributed by atoms with Gasteiger partial charge in [-0.3, -0.25) is 0 Å². The number of aromatic nitrogens is 1. The van der Waals surface area contributed by atoms with Crippen molar-refractivity contribution in [3.8, 4) is 0 Å². The van der Waals surface area contributed by atoms with Crippen LogP contribution >= 0.6 is 0 Å². The summed E-state index contributed by atoms with van der Waals surface area (Å²) in [6.45, 7) is 5.44. The third-order valence-corrected chi connectivity index (χ3v) is 5.09. The topological polar surface area (TPSA) is 45.1 Å². The van der Waals surface area contributed by atoms with Crippen LogP contribution in [0.15, 0.2) is 18.2 Å². The first-order chi connectivity index (χ1) is 9.76. The van der Waals surface area contributed by atoms with Crippen LogP contribution in [0, 0.1) is 5.92 Å². The lowest BCUT2D eigenvalue weighted by Gasteiger charge is -2.40. The molecule has 0 radical (unpaired) electrons. The quantitative estimate of drug-likeness (QED) is 0.899. The molecule has 0 spiro atoms. The van der Waals surface area contributed by atoms with Crippen LogP contribution in [0.1, 0.15) is 36.8 Å². The van der Waals surface area contributed by atoms with Crippen LogP contribution in [-0.2, 0) is 6.42 Å². The van der Waals surface area contributed by atoms with Gasteiger partial charge in [0.1, 0.15) is 5.82 Å². The number of benzene rings is 1. The first-order valence-electron chi connectivity index (χ1n) is 7.85. The van der Waals surface area contributed by atoms with Crippen LogP contribution in [0.4, 0.5) is 5.82 Å². The predicted molar refractivity (Wildman–Crippen MR) is 84.4 cm³/mol. The molecular formula is C17H23N3.